The molecule has 1 heterocycles. The van der Waals surface area contributed by atoms with Gasteiger partial charge in [0.1, 0.15) is 17.3 Å². The summed E-state index contributed by atoms with van der Waals surface area (Å²) in [6, 6.07) is 4.37. The van der Waals surface area contributed by atoms with Gasteiger partial charge in [-0.1, -0.05) is 0 Å². The van der Waals surface area contributed by atoms with Crippen molar-refractivity contribution >= 4 is 6.29 Å². The van der Waals surface area contributed by atoms with Crippen molar-refractivity contribution in [3.05, 3.63) is 47.8 Å². The molecule has 0 bridgehead atoms. The van der Waals surface area contributed by atoms with E-state index in [1.807, 2.05) is 0 Å². The lowest BCUT2D eigenvalue weighted by atomic mass is 10.2. The fourth-order valence-electron chi connectivity index (χ4n) is 1.26. The Bertz CT molecular complexity index is 523. The average Bonchev–Trinajstić information content (AvgIpc) is 2.28. The van der Waals surface area contributed by atoms with E-state index in [2.05, 4.69) is 9.97 Å². The molecule has 0 aliphatic rings. The maximum atomic E-state index is 12.9. The Kier molecular flexibility index (Phi) is 2.68. The molecule has 80 valence electrons. The fourth-order valence-corrected chi connectivity index (χ4v) is 1.26. The zero-order chi connectivity index (χ0) is 11.5. The molecular formula is C11H6F2N2O. The molecule has 16 heavy (non-hydrogen) atoms. The van der Waals surface area contributed by atoms with E-state index in [1.165, 1.54) is 12.3 Å². The number of carbonyl (C=O) groups excluding carboxylic acids is 1. The van der Waals surface area contributed by atoms with Crippen LogP contribution in [0.3, 0.4) is 0 Å². The highest BCUT2D eigenvalue weighted by Crippen LogP contribution is 2.17. The van der Waals surface area contributed by atoms with Crippen molar-refractivity contribution in [2.75, 3.05) is 0 Å². The summed E-state index contributed by atoms with van der Waals surface area (Å²) in [5.74, 6) is -1.31. The predicted molar refractivity (Wildman–Crippen MR) is 52.8 cm³/mol. The normalized spacial score (nSPS) is 10.1. The van der Waals surface area contributed by atoms with Crippen LogP contribution in [0.1, 0.15) is 10.5 Å². The predicted octanol–water partition coefficient (Wildman–Crippen LogP) is 2.23. The van der Waals surface area contributed by atoms with Crippen molar-refractivity contribution in [1.29, 1.82) is 0 Å². The minimum absolute atomic E-state index is 0.114. The Balaban J connectivity index is 2.53. The number of hydrogen-bond acceptors (Lipinski definition) is 3. The Labute approximate surface area is 89.8 Å². The van der Waals surface area contributed by atoms with E-state index in [1.54, 1.807) is 0 Å². The molecule has 2 aromatic rings. The summed E-state index contributed by atoms with van der Waals surface area (Å²) in [4.78, 5) is 18.2. The largest absolute Gasteiger partial charge is 0.296 e. The van der Waals surface area contributed by atoms with Crippen LogP contribution in [-0.2, 0) is 0 Å². The number of aromatic nitrogens is 2. The Morgan fingerprint density at radius 3 is 2.44 bits per heavy atom. The molecule has 1 aromatic carbocycles. The van der Waals surface area contributed by atoms with E-state index < -0.39 is 11.6 Å². The summed E-state index contributed by atoms with van der Waals surface area (Å²) in [5.41, 5.74) is 0.357. The lowest BCUT2D eigenvalue weighted by Gasteiger charge is -2.00. The van der Waals surface area contributed by atoms with E-state index in [0.29, 0.717) is 6.29 Å². The van der Waals surface area contributed by atoms with Gasteiger partial charge in [0, 0.05) is 17.8 Å². The number of aldehydes is 1. The number of halogens is 2. The zero-order valence-corrected chi connectivity index (χ0v) is 8.02. The van der Waals surface area contributed by atoms with Crippen molar-refractivity contribution in [1.82, 2.24) is 9.97 Å². The van der Waals surface area contributed by atoms with E-state index in [4.69, 9.17) is 0 Å². The first-order chi connectivity index (χ1) is 7.69. The Morgan fingerprint density at radius 1 is 1.12 bits per heavy atom. The molecule has 0 saturated heterocycles. The Morgan fingerprint density at radius 2 is 1.81 bits per heavy atom. The molecule has 0 atom stereocenters. The smallest absolute Gasteiger partial charge is 0.168 e. The van der Waals surface area contributed by atoms with Crippen LogP contribution in [0.25, 0.3) is 11.4 Å². The highest BCUT2D eigenvalue weighted by molar-refractivity contribution is 5.72. The fraction of sp³-hybridized carbons (Fsp3) is 0. The molecule has 0 fully saturated rings. The van der Waals surface area contributed by atoms with Gasteiger partial charge in [0.05, 0.1) is 0 Å². The number of hydrogen-bond donors (Lipinski definition) is 0. The second-order valence-corrected chi connectivity index (χ2v) is 3.08. The second kappa shape index (κ2) is 4.14. The molecule has 0 amide bonds. The van der Waals surface area contributed by atoms with Crippen LogP contribution >= 0.6 is 0 Å². The van der Waals surface area contributed by atoms with Gasteiger partial charge in [-0.3, -0.25) is 4.79 Å². The van der Waals surface area contributed by atoms with Crippen LogP contribution < -0.4 is 0 Å². The van der Waals surface area contributed by atoms with Gasteiger partial charge in [0.2, 0.25) is 0 Å². The number of benzene rings is 1. The summed E-state index contributed by atoms with van der Waals surface area (Å²) < 4.78 is 25.9. The molecule has 0 aliphatic carbocycles. The van der Waals surface area contributed by atoms with Crippen molar-refractivity contribution in [2.45, 2.75) is 0 Å². The van der Waals surface area contributed by atoms with Crippen molar-refractivity contribution < 1.29 is 13.6 Å². The van der Waals surface area contributed by atoms with Gasteiger partial charge < -0.3 is 0 Å². The summed E-state index contributed by atoms with van der Waals surface area (Å²) in [6.07, 6.45) is 1.90. The maximum Gasteiger partial charge on any atom is 0.168 e. The lowest BCUT2D eigenvalue weighted by Crippen LogP contribution is -1.94. The van der Waals surface area contributed by atoms with E-state index in [-0.39, 0.29) is 17.1 Å². The van der Waals surface area contributed by atoms with Crippen molar-refractivity contribution in [2.24, 2.45) is 0 Å². The van der Waals surface area contributed by atoms with Crippen molar-refractivity contribution in [3.8, 4) is 11.4 Å². The van der Waals surface area contributed by atoms with Gasteiger partial charge in [0.25, 0.3) is 0 Å². The number of nitrogens with zero attached hydrogens (tertiary/aromatic N) is 2. The first kappa shape index (κ1) is 10.4. The molecule has 0 radical (unpaired) electrons. The molecule has 5 heteroatoms. The highest BCUT2D eigenvalue weighted by atomic mass is 19.1. The van der Waals surface area contributed by atoms with Gasteiger partial charge in [-0.25, -0.2) is 18.7 Å². The SMILES string of the molecule is O=Cc1ccnc(-c2cc(F)cc(F)c2)n1. The number of rotatable bonds is 2. The van der Waals surface area contributed by atoms with Gasteiger partial charge in [0.15, 0.2) is 12.1 Å². The van der Waals surface area contributed by atoms with Gasteiger partial charge in [-0.15, -0.1) is 0 Å². The highest BCUT2D eigenvalue weighted by Gasteiger charge is 2.06. The van der Waals surface area contributed by atoms with Crippen LogP contribution in [0.2, 0.25) is 0 Å². The molecule has 0 aliphatic heterocycles. The minimum atomic E-state index is -0.713. The number of carbonyl (C=O) groups is 1. The zero-order valence-electron chi connectivity index (χ0n) is 8.02. The van der Waals surface area contributed by atoms with Crippen LogP contribution in [0.15, 0.2) is 30.5 Å². The quantitative estimate of drug-likeness (QED) is 0.729. The standard InChI is InChI=1S/C11H6F2N2O/c12-8-3-7(4-9(13)5-8)11-14-2-1-10(6-16)15-11/h1-6H. The molecule has 3 nitrogen and oxygen atoms in total. The molecule has 0 saturated carbocycles. The van der Waals surface area contributed by atoms with E-state index in [9.17, 15) is 13.6 Å². The third-order valence-electron chi connectivity index (χ3n) is 1.92. The molecule has 2 rings (SSSR count). The molecule has 0 unspecified atom stereocenters. The summed E-state index contributed by atoms with van der Waals surface area (Å²) in [7, 11) is 0. The first-order valence-electron chi connectivity index (χ1n) is 4.44. The van der Waals surface area contributed by atoms with Crippen LogP contribution in [0, 0.1) is 11.6 Å². The van der Waals surface area contributed by atoms with Gasteiger partial charge in [-0.05, 0) is 18.2 Å². The monoisotopic (exact) mass is 220 g/mol. The molecule has 0 N–H and O–H groups in total. The molecule has 0 spiro atoms. The van der Waals surface area contributed by atoms with Crippen LogP contribution in [0.4, 0.5) is 8.78 Å². The van der Waals surface area contributed by atoms with Crippen LogP contribution in [-0.4, -0.2) is 16.3 Å². The third-order valence-corrected chi connectivity index (χ3v) is 1.92. The maximum absolute atomic E-state index is 12.9. The van der Waals surface area contributed by atoms with Crippen molar-refractivity contribution in [3.63, 3.8) is 0 Å². The molecule has 1 aromatic heterocycles. The van der Waals surface area contributed by atoms with E-state index >= 15 is 0 Å². The molecular weight excluding hydrogens is 214 g/mol. The van der Waals surface area contributed by atoms with E-state index in [0.717, 1.165) is 18.2 Å². The first-order valence-corrected chi connectivity index (χ1v) is 4.44. The summed E-state index contributed by atoms with van der Waals surface area (Å²) in [5, 5.41) is 0. The van der Waals surface area contributed by atoms with Gasteiger partial charge >= 0.3 is 0 Å². The Hall–Kier alpha value is -2.17. The summed E-state index contributed by atoms with van der Waals surface area (Å²) in [6.45, 7) is 0. The van der Waals surface area contributed by atoms with Crippen LogP contribution in [0.5, 0.6) is 0 Å². The third kappa shape index (κ3) is 2.08. The minimum Gasteiger partial charge on any atom is -0.296 e. The lowest BCUT2D eigenvalue weighted by molar-refractivity contribution is 0.111. The summed E-state index contributed by atoms with van der Waals surface area (Å²) >= 11 is 0. The van der Waals surface area contributed by atoms with Gasteiger partial charge in [-0.2, -0.15) is 0 Å². The second-order valence-electron chi connectivity index (χ2n) is 3.08. The average molecular weight is 220 g/mol. The topological polar surface area (TPSA) is 42.9 Å².